The molecule has 1 aromatic rings. The van der Waals surface area contributed by atoms with Gasteiger partial charge in [-0.25, -0.2) is 0 Å². The molecule has 0 aliphatic carbocycles. The van der Waals surface area contributed by atoms with Gasteiger partial charge in [0.25, 0.3) is 11.8 Å². The van der Waals surface area contributed by atoms with Crippen LogP contribution in [-0.2, 0) is 19.1 Å². The van der Waals surface area contributed by atoms with Gasteiger partial charge >= 0.3 is 5.97 Å². The molecule has 0 spiro atoms. The number of halogens is 1. The first-order valence-corrected chi connectivity index (χ1v) is 11.9. The summed E-state index contributed by atoms with van der Waals surface area (Å²) in [6.07, 6.45) is 1.75. The third kappa shape index (κ3) is 6.46. The lowest BCUT2D eigenvalue weighted by Gasteiger charge is -2.20. The summed E-state index contributed by atoms with van der Waals surface area (Å²) >= 11 is 9.90. The monoisotopic (exact) mass is 544 g/mol. The Morgan fingerprint density at radius 3 is 2.53 bits per heavy atom. The van der Waals surface area contributed by atoms with Crippen molar-refractivity contribution < 1.29 is 28.6 Å². The Kier molecular flexibility index (Phi) is 9.98. The van der Waals surface area contributed by atoms with Crippen LogP contribution in [0.5, 0.6) is 11.5 Å². The molecule has 0 N–H and O–H groups in total. The third-order valence-electron chi connectivity index (χ3n) is 4.65. The van der Waals surface area contributed by atoms with Crippen LogP contribution in [0.1, 0.15) is 25.8 Å². The zero-order chi connectivity index (χ0) is 23.8. The van der Waals surface area contributed by atoms with Crippen LogP contribution in [0.4, 0.5) is 0 Å². The topological polar surface area (TPSA) is 85.4 Å². The van der Waals surface area contributed by atoms with E-state index in [2.05, 4.69) is 20.7 Å². The Morgan fingerprint density at radius 1 is 1.25 bits per heavy atom. The fraction of sp³-hybridized carbons (Fsp3) is 0.429. The number of thiocarbonyl (C=S) groups is 1. The summed E-state index contributed by atoms with van der Waals surface area (Å²) < 4.78 is 16.7. The molecule has 174 valence electrons. The maximum atomic E-state index is 12.7. The van der Waals surface area contributed by atoms with Gasteiger partial charge in [-0.15, -0.1) is 0 Å². The highest BCUT2D eigenvalue weighted by molar-refractivity contribution is 9.10. The molecule has 1 heterocycles. The van der Waals surface area contributed by atoms with E-state index in [1.54, 1.807) is 23.1 Å². The molecule has 32 heavy (non-hydrogen) atoms. The number of carbonyl (C=O) groups excluding carboxylic acids is 3. The molecule has 1 aliphatic rings. The second kappa shape index (κ2) is 12.2. The highest BCUT2D eigenvalue weighted by Gasteiger charge is 2.32. The molecule has 0 atom stereocenters. The number of nitrogens with zero attached hydrogens (tertiary/aromatic N) is 2. The SMILES string of the molecule is CCN(CC)C(=O)COc1c(Br)cc(/C=C2/SC(=S)N(CCC(=O)OC)C2=O)cc1OC. The first-order valence-electron chi connectivity index (χ1n) is 9.85. The van der Waals surface area contributed by atoms with Crippen LogP contribution in [0, 0.1) is 0 Å². The first kappa shape index (κ1) is 26.1. The number of benzene rings is 1. The minimum absolute atomic E-state index is 0.0633. The van der Waals surface area contributed by atoms with Gasteiger partial charge in [-0.3, -0.25) is 19.3 Å². The van der Waals surface area contributed by atoms with Crippen molar-refractivity contribution in [1.82, 2.24) is 9.80 Å². The zero-order valence-corrected chi connectivity index (χ0v) is 21.5. The van der Waals surface area contributed by atoms with Crippen molar-refractivity contribution >= 4 is 68.1 Å². The Morgan fingerprint density at radius 2 is 1.94 bits per heavy atom. The van der Waals surface area contributed by atoms with Crippen LogP contribution in [0.3, 0.4) is 0 Å². The Labute approximate surface area is 205 Å². The number of amides is 2. The van der Waals surface area contributed by atoms with Crippen LogP contribution in [0.2, 0.25) is 0 Å². The van der Waals surface area contributed by atoms with Crippen molar-refractivity contribution in [2.45, 2.75) is 20.3 Å². The van der Waals surface area contributed by atoms with Gasteiger partial charge in [-0.1, -0.05) is 24.0 Å². The molecule has 2 amide bonds. The number of likely N-dealkylation sites (N-methyl/N-ethyl adjacent to an activating group) is 1. The zero-order valence-electron chi connectivity index (χ0n) is 18.3. The molecule has 0 unspecified atom stereocenters. The van der Waals surface area contributed by atoms with E-state index in [9.17, 15) is 14.4 Å². The van der Waals surface area contributed by atoms with E-state index in [0.29, 0.717) is 43.9 Å². The molecule has 8 nitrogen and oxygen atoms in total. The molecule has 11 heteroatoms. The van der Waals surface area contributed by atoms with E-state index in [1.165, 1.54) is 19.1 Å². The summed E-state index contributed by atoms with van der Waals surface area (Å²) in [5, 5.41) is 0. The smallest absolute Gasteiger partial charge is 0.307 e. The van der Waals surface area contributed by atoms with Gasteiger partial charge in [0, 0.05) is 19.6 Å². The van der Waals surface area contributed by atoms with E-state index in [-0.39, 0.29) is 31.4 Å². The summed E-state index contributed by atoms with van der Waals surface area (Å²) in [4.78, 5) is 39.8. The Hall–Kier alpha value is -2.11. The summed E-state index contributed by atoms with van der Waals surface area (Å²) in [6, 6.07) is 3.48. The van der Waals surface area contributed by atoms with Crippen molar-refractivity contribution in [2.24, 2.45) is 0 Å². The third-order valence-corrected chi connectivity index (χ3v) is 6.61. The molecule has 0 aromatic heterocycles. The van der Waals surface area contributed by atoms with E-state index < -0.39 is 5.97 Å². The molecule has 0 bridgehead atoms. The van der Waals surface area contributed by atoms with Crippen molar-refractivity contribution in [3.8, 4) is 11.5 Å². The predicted octanol–water partition coefficient (Wildman–Crippen LogP) is 3.47. The van der Waals surface area contributed by atoms with Gasteiger partial charge in [0.05, 0.1) is 30.0 Å². The average molecular weight is 545 g/mol. The molecule has 1 saturated heterocycles. The fourth-order valence-electron chi connectivity index (χ4n) is 2.91. The highest BCUT2D eigenvalue weighted by Crippen LogP contribution is 2.39. The van der Waals surface area contributed by atoms with E-state index in [4.69, 9.17) is 21.7 Å². The van der Waals surface area contributed by atoms with E-state index in [0.717, 1.165) is 11.8 Å². The summed E-state index contributed by atoms with van der Waals surface area (Å²) in [5.41, 5.74) is 0.685. The van der Waals surface area contributed by atoms with Crippen molar-refractivity contribution in [2.75, 3.05) is 40.5 Å². The molecule has 0 radical (unpaired) electrons. The van der Waals surface area contributed by atoms with E-state index in [1.807, 2.05) is 13.8 Å². The normalized spacial score (nSPS) is 14.7. The lowest BCUT2D eigenvalue weighted by Crippen LogP contribution is -2.34. The molecule has 2 rings (SSSR count). The first-order chi connectivity index (χ1) is 15.2. The van der Waals surface area contributed by atoms with Gasteiger partial charge < -0.3 is 19.1 Å². The summed E-state index contributed by atoms with van der Waals surface area (Å²) in [6.45, 7) is 5.07. The average Bonchev–Trinajstić information content (AvgIpc) is 3.03. The predicted molar refractivity (Wildman–Crippen MR) is 131 cm³/mol. The quantitative estimate of drug-likeness (QED) is 0.251. The van der Waals surface area contributed by atoms with Crippen LogP contribution in [-0.4, -0.2) is 72.4 Å². The number of ether oxygens (including phenoxy) is 3. The van der Waals surface area contributed by atoms with Crippen LogP contribution in [0.15, 0.2) is 21.5 Å². The molecular weight excluding hydrogens is 520 g/mol. The lowest BCUT2D eigenvalue weighted by molar-refractivity contribution is -0.141. The number of carbonyl (C=O) groups is 3. The fourth-order valence-corrected chi connectivity index (χ4v) is 4.80. The standard InChI is InChI=1S/C21H25BrN2O6S2/c1-5-23(6-2)17(25)12-30-19-14(22)9-13(10-15(19)28-3)11-16-20(27)24(21(31)32-16)8-7-18(26)29-4/h9-11H,5-8,12H2,1-4H3/b16-11+. The maximum absolute atomic E-state index is 12.7. The molecule has 1 aromatic carbocycles. The molecule has 0 saturated carbocycles. The molecule has 1 fully saturated rings. The number of rotatable bonds is 10. The van der Waals surface area contributed by atoms with Crippen molar-refractivity contribution in [3.63, 3.8) is 0 Å². The van der Waals surface area contributed by atoms with Crippen molar-refractivity contribution in [1.29, 1.82) is 0 Å². The number of hydrogen-bond acceptors (Lipinski definition) is 8. The molecular formula is C21H25BrN2O6S2. The second-order valence-electron chi connectivity index (χ2n) is 6.55. The Bertz CT molecular complexity index is 933. The van der Waals surface area contributed by atoms with Crippen LogP contribution in [0.25, 0.3) is 6.08 Å². The minimum Gasteiger partial charge on any atom is -0.493 e. The maximum Gasteiger partial charge on any atom is 0.307 e. The summed E-state index contributed by atoms with van der Waals surface area (Å²) in [7, 11) is 2.79. The number of hydrogen-bond donors (Lipinski definition) is 0. The highest BCUT2D eigenvalue weighted by atomic mass is 79.9. The van der Waals surface area contributed by atoms with Gasteiger partial charge in [-0.2, -0.15) is 0 Å². The second-order valence-corrected chi connectivity index (χ2v) is 9.08. The van der Waals surface area contributed by atoms with Gasteiger partial charge in [0.2, 0.25) is 0 Å². The Balaban J connectivity index is 2.19. The molecule has 1 aliphatic heterocycles. The van der Waals surface area contributed by atoms with E-state index >= 15 is 0 Å². The summed E-state index contributed by atoms with van der Waals surface area (Å²) in [5.74, 6) is 0.00878. The van der Waals surface area contributed by atoms with Gasteiger partial charge in [0.1, 0.15) is 4.32 Å². The van der Waals surface area contributed by atoms with Crippen LogP contribution < -0.4 is 9.47 Å². The number of thioether (sulfide) groups is 1. The van der Waals surface area contributed by atoms with Crippen molar-refractivity contribution in [3.05, 3.63) is 27.1 Å². The largest absolute Gasteiger partial charge is 0.493 e. The van der Waals surface area contributed by atoms with Gasteiger partial charge in [0.15, 0.2) is 18.1 Å². The van der Waals surface area contributed by atoms with Gasteiger partial charge in [-0.05, 0) is 53.5 Å². The number of esters is 1. The lowest BCUT2D eigenvalue weighted by atomic mass is 10.2. The van der Waals surface area contributed by atoms with Crippen LogP contribution >= 0.6 is 39.9 Å². The number of methoxy groups -OCH3 is 2. The minimum atomic E-state index is -0.410.